The van der Waals surface area contributed by atoms with Crippen LogP contribution in [-0.2, 0) is 4.79 Å². The lowest BCUT2D eigenvalue weighted by Gasteiger charge is -2.28. The van der Waals surface area contributed by atoms with Crippen LogP contribution < -0.4 is 5.32 Å². The predicted octanol–water partition coefficient (Wildman–Crippen LogP) is 2.92. The van der Waals surface area contributed by atoms with E-state index in [0.29, 0.717) is 12.5 Å². The zero-order valence-electron chi connectivity index (χ0n) is 11.5. The lowest BCUT2D eigenvalue weighted by atomic mass is 9.96. The number of nitrogens with one attached hydrogen (secondary N) is 1. The molecule has 0 aliphatic heterocycles. The van der Waals surface area contributed by atoms with E-state index < -0.39 is 11.5 Å². The molecule has 6 heteroatoms. The SMILES string of the molecule is Cc1csc(SC(C)CC(C)(NC2CC2)C(=O)O)n1. The van der Waals surface area contributed by atoms with Crippen molar-refractivity contribution in [3.05, 3.63) is 11.1 Å². The number of hydrogen-bond donors (Lipinski definition) is 2. The van der Waals surface area contributed by atoms with Crippen LogP contribution in [-0.4, -0.2) is 32.9 Å². The highest BCUT2D eigenvalue weighted by Crippen LogP contribution is 2.32. The minimum atomic E-state index is -0.833. The fourth-order valence-corrected chi connectivity index (χ4v) is 4.40. The normalized spacial score (nSPS) is 19.9. The first-order valence-corrected chi connectivity index (χ1v) is 8.25. The number of carbonyl (C=O) groups is 1. The maximum Gasteiger partial charge on any atom is 0.323 e. The van der Waals surface area contributed by atoms with Crippen molar-refractivity contribution in [2.24, 2.45) is 0 Å². The van der Waals surface area contributed by atoms with Crippen molar-refractivity contribution in [2.45, 2.75) is 61.2 Å². The molecule has 0 spiro atoms. The maximum atomic E-state index is 11.5. The second kappa shape index (κ2) is 5.81. The van der Waals surface area contributed by atoms with Crippen LogP contribution in [0.25, 0.3) is 0 Å². The molecular formula is C13H20N2O2S2. The van der Waals surface area contributed by atoms with Crippen molar-refractivity contribution in [1.29, 1.82) is 0 Å². The lowest BCUT2D eigenvalue weighted by molar-refractivity contribution is -0.144. The van der Waals surface area contributed by atoms with Gasteiger partial charge in [0.05, 0.1) is 0 Å². The molecule has 1 aliphatic carbocycles. The average Bonchev–Trinajstić information content (AvgIpc) is 3.00. The number of rotatable bonds is 7. The van der Waals surface area contributed by atoms with Crippen LogP contribution >= 0.6 is 23.1 Å². The highest BCUT2D eigenvalue weighted by Gasteiger charge is 2.39. The van der Waals surface area contributed by atoms with Crippen LogP contribution in [0, 0.1) is 6.92 Å². The van der Waals surface area contributed by atoms with Crippen LogP contribution in [0.5, 0.6) is 0 Å². The molecule has 1 fully saturated rings. The highest BCUT2D eigenvalue weighted by atomic mass is 32.2. The number of thioether (sulfide) groups is 1. The molecular weight excluding hydrogens is 280 g/mol. The van der Waals surface area contributed by atoms with Crippen molar-refractivity contribution in [1.82, 2.24) is 10.3 Å². The van der Waals surface area contributed by atoms with Crippen LogP contribution in [0.2, 0.25) is 0 Å². The topological polar surface area (TPSA) is 62.2 Å². The third kappa shape index (κ3) is 4.19. The van der Waals surface area contributed by atoms with Crippen LogP contribution in [0.1, 0.15) is 38.8 Å². The Hall–Kier alpha value is -0.590. The van der Waals surface area contributed by atoms with Gasteiger partial charge in [-0.2, -0.15) is 0 Å². The summed E-state index contributed by atoms with van der Waals surface area (Å²) in [5, 5.41) is 14.9. The molecule has 0 saturated heterocycles. The first-order valence-electron chi connectivity index (χ1n) is 6.49. The van der Waals surface area contributed by atoms with Gasteiger partial charge in [0.2, 0.25) is 0 Å². The zero-order valence-corrected chi connectivity index (χ0v) is 13.1. The minimum absolute atomic E-state index is 0.220. The molecule has 1 aliphatic rings. The number of aromatic nitrogens is 1. The highest BCUT2D eigenvalue weighted by molar-refractivity contribution is 8.01. The van der Waals surface area contributed by atoms with E-state index in [-0.39, 0.29) is 5.25 Å². The molecule has 2 unspecified atom stereocenters. The quantitative estimate of drug-likeness (QED) is 0.758. The molecule has 0 radical (unpaired) electrons. The van der Waals surface area contributed by atoms with E-state index in [0.717, 1.165) is 22.9 Å². The Morgan fingerprint density at radius 2 is 2.42 bits per heavy atom. The summed E-state index contributed by atoms with van der Waals surface area (Å²) in [5.41, 5.74) is 0.191. The molecule has 1 aromatic rings. The Labute approximate surface area is 122 Å². The number of aliphatic carboxylic acids is 1. The molecule has 4 nitrogen and oxygen atoms in total. The molecule has 2 atom stereocenters. The van der Waals surface area contributed by atoms with Crippen LogP contribution in [0.4, 0.5) is 0 Å². The van der Waals surface area contributed by atoms with Crippen molar-refractivity contribution >= 4 is 29.1 Å². The van der Waals surface area contributed by atoms with E-state index in [9.17, 15) is 9.90 Å². The second-order valence-corrected chi connectivity index (χ2v) is 7.99. The van der Waals surface area contributed by atoms with E-state index in [1.807, 2.05) is 12.3 Å². The van der Waals surface area contributed by atoms with E-state index in [1.165, 1.54) is 0 Å². The first kappa shape index (κ1) is 14.8. The Kier molecular flexibility index (Phi) is 4.53. The summed E-state index contributed by atoms with van der Waals surface area (Å²) in [7, 11) is 0. The van der Waals surface area contributed by atoms with Gasteiger partial charge >= 0.3 is 5.97 Å². The van der Waals surface area contributed by atoms with E-state index >= 15 is 0 Å². The third-order valence-corrected chi connectivity index (χ3v) is 5.36. The standard InChI is InChI=1S/C13H20N2O2S2/c1-8-7-18-12(14-8)19-9(2)6-13(3,11(16)17)15-10-4-5-10/h7,9-10,15H,4-6H2,1-3H3,(H,16,17). The van der Waals surface area contributed by atoms with Crippen LogP contribution in [0.15, 0.2) is 9.72 Å². The Morgan fingerprint density at radius 1 is 1.74 bits per heavy atom. The molecule has 2 rings (SSSR count). The van der Waals surface area contributed by atoms with Gasteiger partial charge in [0.15, 0.2) is 0 Å². The number of hydrogen-bond acceptors (Lipinski definition) is 5. The Morgan fingerprint density at radius 3 is 2.89 bits per heavy atom. The number of carboxylic acids is 1. The van der Waals surface area contributed by atoms with Gasteiger partial charge in [-0.05, 0) is 33.1 Å². The van der Waals surface area contributed by atoms with Gasteiger partial charge in [0.25, 0.3) is 0 Å². The van der Waals surface area contributed by atoms with E-state index in [2.05, 4.69) is 17.2 Å². The molecule has 0 bridgehead atoms. The predicted molar refractivity (Wildman–Crippen MR) is 79.0 cm³/mol. The van der Waals surface area contributed by atoms with Gasteiger partial charge in [-0.25, -0.2) is 4.98 Å². The smallest absolute Gasteiger partial charge is 0.323 e. The number of aryl methyl sites for hydroxylation is 1. The van der Waals surface area contributed by atoms with Crippen molar-refractivity contribution in [3.8, 4) is 0 Å². The fourth-order valence-electron chi connectivity index (χ4n) is 2.06. The molecule has 1 saturated carbocycles. The van der Waals surface area contributed by atoms with E-state index in [4.69, 9.17) is 0 Å². The number of thiazole rings is 1. The van der Waals surface area contributed by atoms with Gasteiger partial charge in [-0.15, -0.1) is 11.3 Å². The zero-order chi connectivity index (χ0) is 14.0. The summed E-state index contributed by atoms with van der Waals surface area (Å²) in [4.78, 5) is 15.9. The van der Waals surface area contributed by atoms with Gasteiger partial charge < -0.3 is 5.11 Å². The Balaban J connectivity index is 1.94. The fraction of sp³-hybridized carbons (Fsp3) is 0.692. The third-order valence-electron chi connectivity index (χ3n) is 3.17. The van der Waals surface area contributed by atoms with Gasteiger partial charge in [-0.3, -0.25) is 10.1 Å². The molecule has 19 heavy (non-hydrogen) atoms. The summed E-state index contributed by atoms with van der Waals surface area (Å²) >= 11 is 3.28. The average molecular weight is 300 g/mol. The largest absolute Gasteiger partial charge is 0.480 e. The second-order valence-electron chi connectivity index (χ2n) is 5.44. The van der Waals surface area contributed by atoms with Gasteiger partial charge in [-0.1, -0.05) is 18.7 Å². The van der Waals surface area contributed by atoms with Gasteiger partial charge in [0, 0.05) is 22.4 Å². The monoisotopic (exact) mass is 300 g/mol. The van der Waals surface area contributed by atoms with Gasteiger partial charge in [0.1, 0.15) is 9.88 Å². The lowest BCUT2D eigenvalue weighted by Crippen LogP contribution is -2.51. The molecule has 0 aromatic carbocycles. The minimum Gasteiger partial charge on any atom is -0.480 e. The molecule has 1 heterocycles. The summed E-state index contributed by atoms with van der Waals surface area (Å²) in [6, 6.07) is 0.389. The molecule has 2 N–H and O–H groups in total. The summed E-state index contributed by atoms with van der Waals surface area (Å²) in [6.45, 7) is 5.83. The summed E-state index contributed by atoms with van der Waals surface area (Å²) in [6.07, 6.45) is 2.79. The number of nitrogens with zero attached hydrogens (tertiary/aromatic N) is 1. The van der Waals surface area contributed by atoms with Crippen molar-refractivity contribution in [2.75, 3.05) is 0 Å². The molecule has 0 amide bonds. The van der Waals surface area contributed by atoms with Crippen molar-refractivity contribution < 1.29 is 9.90 Å². The first-order chi connectivity index (χ1) is 8.89. The Bertz CT molecular complexity index is 459. The molecule has 106 valence electrons. The van der Waals surface area contributed by atoms with E-state index in [1.54, 1.807) is 30.0 Å². The molecule has 1 aromatic heterocycles. The summed E-state index contributed by atoms with van der Waals surface area (Å²) in [5.74, 6) is -0.762. The van der Waals surface area contributed by atoms with Crippen LogP contribution in [0.3, 0.4) is 0 Å². The number of carboxylic acid groups (broad SMARTS) is 1. The maximum absolute atomic E-state index is 11.5. The summed E-state index contributed by atoms with van der Waals surface area (Å²) < 4.78 is 1.02. The van der Waals surface area contributed by atoms with Crippen molar-refractivity contribution in [3.63, 3.8) is 0 Å².